The molecule has 19 heavy (non-hydrogen) atoms. The minimum Gasteiger partial charge on any atom is -1.00 e. The van der Waals surface area contributed by atoms with E-state index in [0.717, 1.165) is 12.0 Å². The maximum absolute atomic E-state index is 11.6. The molecule has 1 aromatic carbocycles. The summed E-state index contributed by atoms with van der Waals surface area (Å²) in [5.74, 6) is -1.53. The van der Waals surface area contributed by atoms with Crippen molar-refractivity contribution in [3.63, 3.8) is 0 Å². The van der Waals surface area contributed by atoms with Crippen molar-refractivity contribution in [2.24, 2.45) is 5.92 Å². The zero-order valence-electron chi connectivity index (χ0n) is 12.3. The minimum atomic E-state index is -0.904. The van der Waals surface area contributed by atoms with Crippen molar-refractivity contribution in [3.05, 3.63) is 35.9 Å². The Hall–Kier alpha value is -0.680. The monoisotopic (exact) mass is 271 g/mol. The number of aliphatic hydroxyl groups excluding tert-OH is 1. The Bertz CT molecular complexity index is 455. The molecule has 1 heterocycles. The van der Waals surface area contributed by atoms with Gasteiger partial charge in [0.2, 0.25) is 5.91 Å². The van der Waals surface area contributed by atoms with Crippen LogP contribution < -0.4 is 34.9 Å². The quantitative estimate of drug-likeness (QED) is 0.482. The first-order valence-electron chi connectivity index (χ1n) is 6.12. The molecule has 1 aromatic rings. The molecule has 0 saturated carbocycles. The van der Waals surface area contributed by atoms with Gasteiger partial charge in [-0.2, -0.15) is 0 Å². The second-order valence-corrected chi connectivity index (χ2v) is 4.72. The summed E-state index contributed by atoms with van der Waals surface area (Å²) in [6.07, 6.45) is 0.507. The van der Waals surface area contributed by atoms with Crippen LogP contribution in [0.1, 0.15) is 20.3 Å². The zero-order chi connectivity index (χ0) is 13.1. The van der Waals surface area contributed by atoms with Gasteiger partial charge in [0, 0.05) is 0 Å². The van der Waals surface area contributed by atoms with Gasteiger partial charge in [-0.25, -0.2) is 0 Å². The van der Waals surface area contributed by atoms with Gasteiger partial charge in [-0.05, 0) is 25.3 Å². The number of ketones is 1. The topological polar surface area (TPSA) is 66.4 Å². The molecule has 1 fully saturated rings. The average molecular weight is 271 g/mol. The molecule has 4 nitrogen and oxygen atoms in total. The van der Waals surface area contributed by atoms with Crippen LogP contribution >= 0.6 is 0 Å². The second kappa shape index (κ2) is 7.20. The molecule has 1 amide bonds. The first kappa shape index (κ1) is 16.4. The van der Waals surface area contributed by atoms with Crippen LogP contribution in [0, 0.1) is 5.92 Å². The summed E-state index contributed by atoms with van der Waals surface area (Å²) >= 11 is 0. The van der Waals surface area contributed by atoms with Crippen molar-refractivity contribution in [2.75, 3.05) is 0 Å². The van der Waals surface area contributed by atoms with Crippen molar-refractivity contribution in [1.29, 1.82) is 0 Å². The number of carbonyl (C=O) groups is 2. The Morgan fingerprint density at radius 2 is 2.00 bits per heavy atom. The SMILES string of the molecule is CC(=O)C1C(=O)NC(CCc2ccccc2)C1O.[H-].[Na+]. The number of aryl methyl sites for hydroxylation is 1. The standard InChI is InChI=1S/C14H17NO3.Na.H/c1-9(16)12-13(17)11(15-14(12)18)8-7-10-5-3-2-4-6-10;;/h2-6,11-13,17H,7-8H2,1H3,(H,15,18);;/q;+1;-1. The molecule has 3 unspecified atom stereocenters. The van der Waals surface area contributed by atoms with Crippen molar-refractivity contribution >= 4 is 11.7 Å². The molecule has 1 aliphatic heterocycles. The number of hydrogen-bond acceptors (Lipinski definition) is 3. The van der Waals surface area contributed by atoms with Gasteiger partial charge in [0.15, 0.2) is 0 Å². The van der Waals surface area contributed by atoms with E-state index in [1.54, 1.807) is 0 Å². The smallest absolute Gasteiger partial charge is 1.00 e. The molecule has 1 aliphatic rings. The first-order valence-corrected chi connectivity index (χ1v) is 6.12. The largest absolute Gasteiger partial charge is 1.00 e. The van der Waals surface area contributed by atoms with Crippen LogP contribution in [0.15, 0.2) is 30.3 Å². The molecule has 3 atom stereocenters. The predicted octanol–water partition coefficient (Wildman–Crippen LogP) is -2.20. The minimum absolute atomic E-state index is 0. The molecule has 0 spiro atoms. The average Bonchev–Trinajstić information content (AvgIpc) is 2.63. The Kier molecular flexibility index (Phi) is 6.20. The van der Waals surface area contributed by atoms with Crippen molar-refractivity contribution in [3.8, 4) is 0 Å². The van der Waals surface area contributed by atoms with Crippen molar-refractivity contribution < 1.29 is 45.7 Å². The molecule has 2 N–H and O–H groups in total. The Morgan fingerprint density at radius 3 is 2.53 bits per heavy atom. The zero-order valence-corrected chi connectivity index (χ0v) is 13.3. The maximum atomic E-state index is 11.6. The van der Waals surface area contributed by atoms with Crippen molar-refractivity contribution in [1.82, 2.24) is 5.32 Å². The summed E-state index contributed by atoms with van der Waals surface area (Å²) < 4.78 is 0. The molecule has 5 heteroatoms. The molecule has 0 aliphatic carbocycles. The normalized spacial score (nSPS) is 25.6. The third-order valence-electron chi connectivity index (χ3n) is 3.39. The number of Topliss-reactive ketones (excluding diaryl/α,β-unsaturated/α-hetero) is 1. The van der Waals surface area contributed by atoms with Crippen LogP contribution in [0.4, 0.5) is 0 Å². The van der Waals surface area contributed by atoms with Crippen LogP contribution in [0.25, 0.3) is 0 Å². The van der Waals surface area contributed by atoms with Gasteiger partial charge in [0.1, 0.15) is 11.7 Å². The van der Waals surface area contributed by atoms with Crippen LogP contribution in [-0.4, -0.2) is 28.9 Å². The van der Waals surface area contributed by atoms with E-state index < -0.39 is 12.0 Å². The van der Waals surface area contributed by atoms with Gasteiger partial charge >= 0.3 is 29.6 Å². The molecule has 0 radical (unpaired) electrons. The number of aliphatic hydroxyl groups is 1. The van der Waals surface area contributed by atoms with Gasteiger partial charge in [-0.3, -0.25) is 9.59 Å². The van der Waals surface area contributed by atoms with Gasteiger partial charge in [-0.1, -0.05) is 30.3 Å². The number of benzene rings is 1. The molecule has 0 aromatic heterocycles. The van der Waals surface area contributed by atoms with E-state index in [1.165, 1.54) is 6.92 Å². The van der Waals surface area contributed by atoms with Crippen LogP contribution in [0.2, 0.25) is 0 Å². The molecule has 1 saturated heterocycles. The van der Waals surface area contributed by atoms with E-state index in [1.807, 2.05) is 30.3 Å². The Balaban J connectivity index is 0.00000180. The third-order valence-corrected chi connectivity index (χ3v) is 3.39. The van der Waals surface area contributed by atoms with Gasteiger partial charge in [-0.15, -0.1) is 0 Å². The fourth-order valence-corrected chi connectivity index (χ4v) is 2.38. The molecule has 98 valence electrons. The van der Waals surface area contributed by atoms with Crippen LogP contribution in [0.5, 0.6) is 0 Å². The fourth-order valence-electron chi connectivity index (χ4n) is 2.38. The third kappa shape index (κ3) is 3.89. The van der Waals surface area contributed by atoms with E-state index in [4.69, 9.17) is 0 Å². The van der Waals surface area contributed by atoms with E-state index >= 15 is 0 Å². The number of nitrogens with one attached hydrogen (secondary N) is 1. The summed E-state index contributed by atoms with van der Waals surface area (Å²) in [6, 6.07) is 9.54. The fraction of sp³-hybridized carbons (Fsp3) is 0.429. The first-order chi connectivity index (χ1) is 8.59. The van der Waals surface area contributed by atoms with E-state index in [0.29, 0.717) is 6.42 Å². The molecule has 2 rings (SSSR count). The van der Waals surface area contributed by atoms with E-state index in [-0.39, 0.29) is 48.7 Å². The second-order valence-electron chi connectivity index (χ2n) is 4.72. The summed E-state index contributed by atoms with van der Waals surface area (Å²) in [4.78, 5) is 22.8. The molecule has 0 bridgehead atoms. The summed E-state index contributed by atoms with van der Waals surface area (Å²) in [5, 5.41) is 12.7. The molecular formula is C14H18NNaO3. The number of amides is 1. The Morgan fingerprint density at radius 1 is 1.37 bits per heavy atom. The number of carbonyl (C=O) groups excluding carboxylic acids is 2. The predicted molar refractivity (Wildman–Crippen MR) is 68.0 cm³/mol. The van der Waals surface area contributed by atoms with Crippen LogP contribution in [0.3, 0.4) is 0 Å². The van der Waals surface area contributed by atoms with E-state index in [2.05, 4.69) is 5.32 Å². The summed E-state index contributed by atoms with van der Waals surface area (Å²) in [5.41, 5.74) is 1.16. The Labute approximate surface area is 136 Å². The summed E-state index contributed by atoms with van der Waals surface area (Å²) in [6.45, 7) is 1.34. The number of hydrogen-bond donors (Lipinski definition) is 2. The number of rotatable bonds is 4. The summed E-state index contributed by atoms with van der Waals surface area (Å²) in [7, 11) is 0. The van der Waals surface area contributed by atoms with Gasteiger partial charge < -0.3 is 11.8 Å². The van der Waals surface area contributed by atoms with Crippen LogP contribution in [-0.2, 0) is 16.0 Å². The molecular weight excluding hydrogens is 253 g/mol. The van der Waals surface area contributed by atoms with Gasteiger partial charge in [0.05, 0.1) is 12.1 Å². The maximum Gasteiger partial charge on any atom is 1.00 e. The van der Waals surface area contributed by atoms with Gasteiger partial charge in [0.25, 0.3) is 0 Å². The van der Waals surface area contributed by atoms with Crippen molar-refractivity contribution in [2.45, 2.75) is 31.9 Å². The van der Waals surface area contributed by atoms with E-state index in [9.17, 15) is 14.7 Å².